The largest absolute Gasteiger partial charge is 0.465 e. The van der Waals surface area contributed by atoms with Gasteiger partial charge in [0.05, 0.1) is 19.2 Å². The Morgan fingerprint density at radius 2 is 1.72 bits per heavy atom. The predicted molar refractivity (Wildman–Crippen MR) is 146 cm³/mol. The van der Waals surface area contributed by atoms with Crippen molar-refractivity contribution in [3.63, 3.8) is 0 Å². The molecule has 1 heterocycles. The number of carbonyl (C=O) groups excluding carboxylic acids is 3. The van der Waals surface area contributed by atoms with Gasteiger partial charge in [-0.2, -0.15) is 0 Å². The van der Waals surface area contributed by atoms with Crippen LogP contribution in [-0.2, 0) is 26.4 Å². The fourth-order valence-corrected chi connectivity index (χ4v) is 4.64. The molecule has 0 unspecified atom stereocenters. The molecule has 1 N–H and O–H groups in total. The normalized spacial score (nSPS) is 17.0. The molecule has 0 saturated heterocycles. The van der Waals surface area contributed by atoms with E-state index in [1.165, 1.54) is 36.3 Å². The Balaban J connectivity index is 1.86. The van der Waals surface area contributed by atoms with Crippen molar-refractivity contribution in [2.75, 3.05) is 7.11 Å². The monoisotopic (exact) mass is 595 g/mol. The van der Waals surface area contributed by atoms with E-state index in [9.17, 15) is 18.8 Å². The first-order valence-corrected chi connectivity index (χ1v) is 12.8. The van der Waals surface area contributed by atoms with Gasteiger partial charge in [0.15, 0.2) is 5.54 Å². The summed E-state index contributed by atoms with van der Waals surface area (Å²) in [4.78, 5) is 45.4. The van der Waals surface area contributed by atoms with Crippen molar-refractivity contribution < 1.29 is 28.2 Å². The fourth-order valence-electron chi connectivity index (χ4n) is 4.24. The van der Waals surface area contributed by atoms with E-state index in [-0.39, 0.29) is 12.5 Å². The van der Waals surface area contributed by atoms with Gasteiger partial charge in [0, 0.05) is 4.47 Å². The number of ether oxygens (including phenoxy) is 2. The van der Waals surface area contributed by atoms with Crippen LogP contribution in [0.5, 0.6) is 0 Å². The zero-order valence-electron chi connectivity index (χ0n) is 21.8. The topological polar surface area (TPSA) is 97.3 Å². The molecule has 1 aliphatic rings. The van der Waals surface area contributed by atoms with E-state index >= 15 is 0 Å². The van der Waals surface area contributed by atoms with E-state index in [4.69, 9.17) is 14.5 Å². The predicted octanol–water partition coefficient (Wildman–Crippen LogP) is 5.54. The molecule has 0 saturated carbocycles. The molecule has 0 bridgehead atoms. The number of halogens is 2. The zero-order valence-corrected chi connectivity index (χ0v) is 23.4. The van der Waals surface area contributed by atoms with Crippen LogP contribution in [0, 0.1) is 5.82 Å². The van der Waals surface area contributed by atoms with Crippen LogP contribution in [0.25, 0.3) is 0 Å². The van der Waals surface area contributed by atoms with E-state index in [0.717, 1.165) is 0 Å². The summed E-state index contributed by atoms with van der Waals surface area (Å²) in [7, 11) is 1.28. The minimum Gasteiger partial charge on any atom is -0.465 e. The average molecular weight is 596 g/mol. The van der Waals surface area contributed by atoms with Crippen LogP contribution in [0.3, 0.4) is 0 Å². The quantitative estimate of drug-likeness (QED) is 0.390. The number of aliphatic imine (C=N–C) groups is 1. The number of alkyl carbamates (subject to hydrolysis) is 1. The minimum atomic E-state index is -1.64. The molecule has 0 spiro atoms. The minimum absolute atomic E-state index is 0.0325. The molecule has 202 valence electrons. The van der Waals surface area contributed by atoms with Gasteiger partial charge in [-0.25, -0.2) is 19.0 Å². The summed E-state index contributed by atoms with van der Waals surface area (Å²) in [5, 5.41) is 2.62. The Kier molecular flexibility index (Phi) is 7.87. The van der Waals surface area contributed by atoms with Gasteiger partial charge in [0.25, 0.3) is 5.91 Å². The third kappa shape index (κ3) is 6.01. The van der Waals surface area contributed by atoms with Crippen molar-refractivity contribution in [2.45, 2.75) is 38.5 Å². The number of guanidine groups is 1. The van der Waals surface area contributed by atoms with Gasteiger partial charge in [0.2, 0.25) is 5.96 Å². The molecule has 1 aliphatic heterocycles. The Bertz CT molecular complexity index is 1450. The number of rotatable bonds is 5. The van der Waals surface area contributed by atoms with Crippen molar-refractivity contribution in [3.05, 3.63) is 105 Å². The third-order valence-electron chi connectivity index (χ3n) is 5.89. The van der Waals surface area contributed by atoms with Crippen LogP contribution in [0.2, 0.25) is 0 Å². The van der Waals surface area contributed by atoms with Crippen LogP contribution in [-0.4, -0.2) is 41.5 Å². The number of esters is 1. The highest BCUT2D eigenvalue weighted by molar-refractivity contribution is 9.10. The third-order valence-corrected chi connectivity index (χ3v) is 6.38. The summed E-state index contributed by atoms with van der Waals surface area (Å²) in [6.07, 6.45) is -0.800. The molecule has 4 rings (SSSR count). The maximum atomic E-state index is 14.4. The number of nitrogens with one attached hydrogen (secondary N) is 1. The highest BCUT2D eigenvalue weighted by Crippen LogP contribution is 2.41. The lowest BCUT2D eigenvalue weighted by molar-refractivity contribution is -0.130. The molecule has 8 nitrogen and oxygen atoms in total. The number of methoxy groups -OCH3 is 1. The van der Waals surface area contributed by atoms with Crippen molar-refractivity contribution in [3.8, 4) is 0 Å². The van der Waals surface area contributed by atoms with Gasteiger partial charge in [-0.3, -0.25) is 15.0 Å². The van der Waals surface area contributed by atoms with E-state index < -0.39 is 34.9 Å². The van der Waals surface area contributed by atoms with Gasteiger partial charge >= 0.3 is 12.1 Å². The maximum Gasteiger partial charge on any atom is 0.414 e. The number of hydrogen-bond donors (Lipinski definition) is 1. The summed E-state index contributed by atoms with van der Waals surface area (Å²) in [5.41, 5.74) is -0.636. The second-order valence-corrected chi connectivity index (χ2v) is 10.8. The van der Waals surface area contributed by atoms with Crippen LogP contribution >= 0.6 is 15.9 Å². The molecular formula is C29H27BrFN3O5. The lowest BCUT2D eigenvalue weighted by Gasteiger charge is -2.27. The van der Waals surface area contributed by atoms with Crippen LogP contribution in [0.1, 0.15) is 47.8 Å². The molecular weight excluding hydrogens is 569 g/mol. The fraction of sp³-hybridized carbons (Fsp3) is 0.241. The number of amides is 2. The molecule has 2 amide bonds. The second-order valence-electron chi connectivity index (χ2n) is 9.87. The molecule has 3 aromatic rings. The van der Waals surface area contributed by atoms with Crippen molar-refractivity contribution in [2.24, 2.45) is 4.99 Å². The van der Waals surface area contributed by atoms with E-state index in [0.29, 0.717) is 26.7 Å². The molecule has 3 aromatic carbocycles. The molecule has 10 heteroatoms. The molecule has 39 heavy (non-hydrogen) atoms. The number of benzene rings is 3. The van der Waals surface area contributed by atoms with Gasteiger partial charge in [-0.15, -0.1) is 0 Å². The average Bonchev–Trinajstić information content (AvgIpc) is 3.14. The van der Waals surface area contributed by atoms with Crippen LogP contribution in [0.15, 0.2) is 82.3 Å². The Hall–Kier alpha value is -4.05. The van der Waals surface area contributed by atoms with Crippen molar-refractivity contribution in [1.82, 2.24) is 10.2 Å². The number of nitrogens with zero attached hydrogens (tertiary/aromatic N) is 2. The van der Waals surface area contributed by atoms with E-state index in [1.807, 2.05) is 0 Å². The van der Waals surface area contributed by atoms with Gasteiger partial charge in [0.1, 0.15) is 11.4 Å². The smallest absolute Gasteiger partial charge is 0.414 e. The Morgan fingerprint density at radius 1 is 1.03 bits per heavy atom. The molecule has 0 fully saturated rings. The number of carbonyl (C=O) groups is 3. The lowest BCUT2D eigenvalue weighted by atomic mass is 9.83. The summed E-state index contributed by atoms with van der Waals surface area (Å²) >= 11 is 3.46. The van der Waals surface area contributed by atoms with Crippen molar-refractivity contribution >= 4 is 39.9 Å². The summed E-state index contributed by atoms with van der Waals surface area (Å²) in [6, 6.07) is 19.1. The highest BCUT2D eigenvalue weighted by atomic mass is 79.9. The van der Waals surface area contributed by atoms with E-state index in [2.05, 4.69) is 21.2 Å². The standard InChI is InChI=1S/C29H27BrFN3O5/c1-28(2,3)39-27(37)32-26-33-29(20-11-13-23(31)14-12-20,21-9-6-10-22(30)16-21)25(36)34(26)17-18-7-5-8-19(15-18)24(35)38-4/h5-16H,17H2,1-4H3,(H,32,33,37)/t29-/m0/s1. The summed E-state index contributed by atoms with van der Waals surface area (Å²) < 4.78 is 24.9. The molecule has 0 aromatic heterocycles. The zero-order chi connectivity index (χ0) is 28.4. The second kappa shape index (κ2) is 11.0. The van der Waals surface area contributed by atoms with Crippen LogP contribution in [0.4, 0.5) is 9.18 Å². The molecule has 0 radical (unpaired) electrons. The van der Waals surface area contributed by atoms with Gasteiger partial charge < -0.3 is 9.47 Å². The lowest BCUT2D eigenvalue weighted by Crippen LogP contribution is -2.47. The SMILES string of the molecule is COC(=O)c1cccc(CN2C(=O)[C@](c3ccc(F)cc3)(c3cccc(Br)c3)N=C2NC(=O)OC(C)(C)C)c1. The van der Waals surface area contributed by atoms with E-state index in [1.54, 1.807) is 69.3 Å². The maximum absolute atomic E-state index is 14.4. The first-order valence-electron chi connectivity index (χ1n) is 12.0. The summed E-state index contributed by atoms with van der Waals surface area (Å²) in [5.74, 6) is -1.54. The first-order chi connectivity index (χ1) is 18.4. The van der Waals surface area contributed by atoms with Crippen molar-refractivity contribution in [1.29, 1.82) is 0 Å². The van der Waals surface area contributed by atoms with Crippen LogP contribution < -0.4 is 5.32 Å². The van der Waals surface area contributed by atoms with Gasteiger partial charge in [-0.1, -0.05) is 52.3 Å². The molecule has 1 atom stereocenters. The first kappa shape index (κ1) is 28.0. The Labute approximate surface area is 234 Å². The Morgan fingerprint density at radius 3 is 2.36 bits per heavy atom. The highest BCUT2D eigenvalue weighted by Gasteiger charge is 2.51. The number of hydrogen-bond acceptors (Lipinski definition) is 6. The summed E-state index contributed by atoms with van der Waals surface area (Å²) in [6.45, 7) is 5.12. The molecule has 0 aliphatic carbocycles. The van der Waals surface area contributed by atoms with Gasteiger partial charge in [-0.05, 0) is 73.9 Å².